The SMILES string of the molecule is O=C(O)c1nn[nH]c1Oc1ccc(-c2ccc3ncccc3c2)cc1. The molecule has 0 amide bonds. The molecule has 0 saturated carbocycles. The predicted molar refractivity (Wildman–Crippen MR) is 90.6 cm³/mol. The van der Waals surface area contributed by atoms with Gasteiger partial charge in [-0.2, -0.15) is 0 Å². The van der Waals surface area contributed by atoms with Crippen LogP contribution in [0.3, 0.4) is 0 Å². The Morgan fingerprint density at radius 2 is 1.84 bits per heavy atom. The Balaban J connectivity index is 1.60. The van der Waals surface area contributed by atoms with Gasteiger partial charge in [0.25, 0.3) is 5.88 Å². The number of aromatic carboxylic acids is 1. The van der Waals surface area contributed by atoms with E-state index in [0.29, 0.717) is 5.75 Å². The molecular formula is C18H12N4O3. The molecule has 0 atom stereocenters. The highest BCUT2D eigenvalue weighted by molar-refractivity contribution is 5.87. The van der Waals surface area contributed by atoms with Crippen molar-refractivity contribution in [2.24, 2.45) is 0 Å². The first-order valence-electron chi connectivity index (χ1n) is 7.48. The summed E-state index contributed by atoms with van der Waals surface area (Å²) in [7, 11) is 0. The summed E-state index contributed by atoms with van der Waals surface area (Å²) in [5.74, 6) is -0.720. The lowest BCUT2D eigenvalue weighted by Crippen LogP contribution is -1.99. The Morgan fingerprint density at radius 3 is 2.64 bits per heavy atom. The largest absolute Gasteiger partial charge is 0.476 e. The molecule has 122 valence electrons. The van der Waals surface area contributed by atoms with Crippen LogP contribution < -0.4 is 4.74 Å². The zero-order valence-corrected chi connectivity index (χ0v) is 12.9. The van der Waals surface area contributed by atoms with E-state index >= 15 is 0 Å². The quantitative estimate of drug-likeness (QED) is 0.593. The minimum absolute atomic E-state index is 0.00275. The highest BCUT2D eigenvalue weighted by atomic mass is 16.5. The summed E-state index contributed by atoms with van der Waals surface area (Å²) >= 11 is 0. The molecule has 4 aromatic rings. The van der Waals surface area contributed by atoms with Gasteiger partial charge in [-0.15, -0.1) is 5.10 Å². The molecule has 0 aliphatic heterocycles. The second kappa shape index (κ2) is 6.04. The summed E-state index contributed by atoms with van der Waals surface area (Å²) in [5, 5.41) is 19.4. The maximum Gasteiger partial charge on any atom is 0.362 e. The van der Waals surface area contributed by atoms with E-state index < -0.39 is 5.97 Å². The molecule has 7 nitrogen and oxygen atoms in total. The molecule has 2 N–H and O–H groups in total. The molecule has 0 fully saturated rings. The molecular weight excluding hydrogens is 320 g/mol. The number of nitrogens with one attached hydrogen (secondary N) is 1. The van der Waals surface area contributed by atoms with Crippen molar-refractivity contribution in [1.82, 2.24) is 20.4 Å². The molecule has 0 spiro atoms. The van der Waals surface area contributed by atoms with Crippen LogP contribution in [-0.2, 0) is 0 Å². The fourth-order valence-corrected chi connectivity index (χ4v) is 2.52. The van der Waals surface area contributed by atoms with Crippen molar-refractivity contribution in [3.63, 3.8) is 0 Å². The number of benzene rings is 2. The number of hydrogen-bond donors (Lipinski definition) is 2. The molecule has 0 aliphatic rings. The minimum Gasteiger partial charge on any atom is -0.476 e. The molecule has 2 heterocycles. The molecule has 0 aliphatic carbocycles. The van der Waals surface area contributed by atoms with Crippen LogP contribution in [0.15, 0.2) is 60.8 Å². The van der Waals surface area contributed by atoms with E-state index in [1.54, 1.807) is 18.3 Å². The Bertz CT molecular complexity index is 1060. The van der Waals surface area contributed by atoms with Crippen molar-refractivity contribution >= 4 is 16.9 Å². The number of carbonyl (C=O) groups is 1. The highest BCUT2D eigenvalue weighted by Crippen LogP contribution is 2.27. The molecule has 25 heavy (non-hydrogen) atoms. The monoisotopic (exact) mass is 332 g/mol. The first-order chi connectivity index (χ1) is 12.2. The van der Waals surface area contributed by atoms with Crippen LogP contribution in [0.1, 0.15) is 10.5 Å². The van der Waals surface area contributed by atoms with Crippen molar-refractivity contribution in [1.29, 1.82) is 0 Å². The average Bonchev–Trinajstić information content (AvgIpc) is 3.10. The zero-order valence-electron chi connectivity index (χ0n) is 12.9. The molecule has 2 aromatic heterocycles. The van der Waals surface area contributed by atoms with Gasteiger partial charge in [0.1, 0.15) is 5.75 Å². The number of H-pyrrole nitrogens is 1. The molecule has 0 saturated heterocycles. The van der Waals surface area contributed by atoms with Gasteiger partial charge < -0.3 is 9.84 Å². The van der Waals surface area contributed by atoms with Gasteiger partial charge in [-0.1, -0.05) is 29.5 Å². The van der Waals surface area contributed by atoms with Gasteiger partial charge in [0.15, 0.2) is 0 Å². The van der Waals surface area contributed by atoms with Crippen LogP contribution in [-0.4, -0.2) is 31.5 Å². The highest BCUT2D eigenvalue weighted by Gasteiger charge is 2.16. The third kappa shape index (κ3) is 2.90. The fourth-order valence-electron chi connectivity index (χ4n) is 2.52. The Hall–Kier alpha value is -3.74. The third-order valence-corrected chi connectivity index (χ3v) is 3.73. The van der Waals surface area contributed by atoms with Gasteiger partial charge in [-0.25, -0.2) is 9.89 Å². The molecule has 0 radical (unpaired) electrons. The second-order valence-corrected chi connectivity index (χ2v) is 5.33. The lowest BCUT2D eigenvalue weighted by Gasteiger charge is -2.06. The van der Waals surface area contributed by atoms with Crippen molar-refractivity contribution in [3.05, 3.63) is 66.5 Å². The van der Waals surface area contributed by atoms with Crippen LogP contribution in [0.5, 0.6) is 11.6 Å². The zero-order chi connectivity index (χ0) is 17.2. The molecule has 4 rings (SSSR count). The number of nitrogens with zero attached hydrogens (tertiary/aromatic N) is 3. The van der Waals surface area contributed by atoms with Crippen LogP contribution >= 0.6 is 0 Å². The van der Waals surface area contributed by atoms with Crippen LogP contribution in [0.2, 0.25) is 0 Å². The normalized spacial score (nSPS) is 10.7. The van der Waals surface area contributed by atoms with E-state index in [4.69, 9.17) is 9.84 Å². The maximum absolute atomic E-state index is 11.0. The van der Waals surface area contributed by atoms with Gasteiger partial charge in [0.05, 0.1) is 5.52 Å². The summed E-state index contributed by atoms with van der Waals surface area (Å²) in [5.41, 5.74) is 2.76. The molecule has 0 bridgehead atoms. The molecule has 2 aromatic carbocycles. The Labute approximate surface area is 141 Å². The first-order valence-corrected chi connectivity index (χ1v) is 7.48. The van der Waals surface area contributed by atoms with E-state index in [2.05, 4.69) is 26.5 Å². The maximum atomic E-state index is 11.0. The van der Waals surface area contributed by atoms with Gasteiger partial charge in [0.2, 0.25) is 5.69 Å². The number of pyridine rings is 1. The van der Waals surface area contributed by atoms with E-state index in [1.165, 1.54) is 0 Å². The van der Waals surface area contributed by atoms with E-state index in [0.717, 1.165) is 22.0 Å². The number of carboxylic acids is 1. The molecule has 7 heteroatoms. The molecule has 0 unspecified atom stereocenters. The standard InChI is InChI=1S/C18H12N4O3/c23-18(24)16-17(21-22-20-16)25-14-6-3-11(4-7-14)12-5-8-15-13(10-12)2-1-9-19-15/h1-10H,(H,23,24)(H,20,21,22). The second-order valence-electron chi connectivity index (χ2n) is 5.33. The fraction of sp³-hybridized carbons (Fsp3) is 0. The summed E-state index contributed by atoms with van der Waals surface area (Å²) in [4.78, 5) is 15.3. The van der Waals surface area contributed by atoms with Crippen LogP contribution in [0, 0.1) is 0 Å². The summed E-state index contributed by atoms with van der Waals surface area (Å²) < 4.78 is 5.50. The number of ether oxygens (including phenoxy) is 1. The number of aromatic nitrogens is 4. The lowest BCUT2D eigenvalue weighted by molar-refractivity contribution is 0.0687. The van der Waals surface area contributed by atoms with E-state index in [1.807, 2.05) is 36.4 Å². The predicted octanol–water partition coefficient (Wildman–Crippen LogP) is 3.51. The number of aromatic amines is 1. The van der Waals surface area contributed by atoms with E-state index in [-0.39, 0.29) is 11.6 Å². The van der Waals surface area contributed by atoms with Crippen molar-refractivity contribution < 1.29 is 14.6 Å². The van der Waals surface area contributed by atoms with Gasteiger partial charge >= 0.3 is 5.97 Å². The van der Waals surface area contributed by atoms with Gasteiger partial charge in [-0.3, -0.25) is 4.98 Å². The number of hydrogen-bond acceptors (Lipinski definition) is 5. The van der Waals surface area contributed by atoms with Gasteiger partial charge in [-0.05, 0) is 41.5 Å². The Morgan fingerprint density at radius 1 is 1.04 bits per heavy atom. The van der Waals surface area contributed by atoms with Gasteiger partial charge in [0, 0.05) is 11.6 Å². The van der Waals surface area contributed by atoms with Crippen LogP contribution in [0.4, 0.5) is 0 Å². The van der Waals surface area contributed by atoms with Crippen LogP contribution in [0.25, 0.3) is 22.0 Å². The third-order valence-electron chi connectivity index (χ3n) is 3.73. The summed E-state index contributed by atoms with van der Waals surface area (Å²) in [6, 6.07) is 17.3. The van der Waals surface area contributed by atoms with Crippen molar-refractivity contribution in [2.45, 2.75) is 0 Å². The van der Waals surface area contributed by atoms with Crippen molar-refractivity contribution in [2.75, 3.05) is 0 Å². The first kappa shape index (κ1) is 14.8. The topological polar surface area (TPSA) is 101 Å². The van der Waals surface area contributed by atoms with Crippen molar-refractivity contribution in [3.8, 4) is 22.8 Å². The Kier molecular flexibility index (Phi) is 3.59. The number of carboxylic acid groups (broad SMARTS) is 1. The number of rotatable bonds is 4. The summed E-state index contributed by atoms with van der Waals surface area (Å²) in [6.07, 6.45) is 1.77. The lowest BCUT2D eigenvalue weighted by atomic mass is 10.0. The average molecular weight is 332 g/mol. The smallest absolute Gasteiger partial charge is 0.362 e. The number of fused-ring (bicyclic) bond motifs is 1. The minimum atomic E-state index is -1.20. The van der Waals surface area contributed by atoms with E-state index in [9.17, 15) is 4.79 Å². The summed E-state index contributed by atoms with van der Waals surface area (Å²) in [6.45, 7) is 0.